The monoisotopic (exact) mass is 561 g/mol. The number of carbonyl (C=O) groups excluding carboxylic acids is 1. The van der Waals surface area contributed by atoms with Crippen LogP contribution in [0.5, 0.6) is 11.5 Å². The first-order valence-electron chi connectivity index (χ1n) is 12.2. The number of benzene rings is 4. The Hall–Kier alpha value is -5.32. The predicted octanol–water partition coefficient (Wildman–Crippen LogP) is 6.59. The minimum Gasteiger partial charge on any atom is -0.507 e. The number of para-hydroxylation sites is 1. The molecule has 208 valence electrons. The van der Waals surface area contributed by atoms with Gasteiger partial charge in [0.15, 0.2) is 5.71 Å². The van der Waals surface area contributed by atoms with Crippen molar-refractivity contribution < 1.29 is 38.1 Å². The lowest BCUT2D eigenvalue weighted by atomic mass is 10.0. The smallest absolute Gasteiger partial charge is 0.416 e. The van der Waals surface area contributed by atoms with Crippen molar-refractivity contribution in [1.29, 1.82) is 0 Å². The number of carbonyl (C=O) groups is 2. The molecule has 0 unspecified atom stereocenters. The number of aromatic hydroxyl groups is 2. The third-order valence-corrected chi connectivity index (χ3v) is 6.55. The number of nitrogens with zero attached hydrogens (tertiary/aromatic N) is 2. The van der Waals surface area contributed by atoms with Crippen molar-refractivity contribution >= 4 is 34.7 Å². The van der Waals surface area contributed by atoms with E-state index in [1.807, 2.05) is 19.9 Å². The number of hydrogen-bond donors (Lipinski definition) is 4. The predicted molar refractivity (Wildman–Crippen MR) is 147 cm³/mol. The summed E-state index contributed by atoms with van der Waals surface area (Å²) in [4.78, 5) is 26.2. The first-order valence-corrected chi connectivity index (χ1v) is 12.2. The first kappa shape index (κ1) is 27.3. The molecule has 0 radical (unpaired) electrons. The average Bonchev–Trinajstić information content (AvgIpc) is 3.17. The maximum atomic E-state index is 13.6. The lowest BCUT2D eigenvalue weighted by Crippen LogP contribution is -2.26. The number of hydrazone groups is 1. The van der Waals surface area contributed by atoms with Gasteiger partial charge in [0.25, 0.3) is 5.91 Å². The largest absolute Gasteiger partial charge is 0.507 e. The number of fused-ring (bicyclic) bond motifs is 1. The zero-order valence-electron chi connectivity index (χ0n) is 21.6. The molecule has 0 aromatic heterocycles. The molecular formula is C30H22F3N3O5. The topological polar surface area (TPSA) is 122 Å². The van der Waals surface area contributed by atoms with Crippen molar-refractivity contribution in [3.05, 3.63) is 101 Å². The summed E-state index contributed by atoms with van der Waals surface area (Å²) in [6, 6.07) is 16.5. The van der Waals surface area contributed by atoms with E-state index in [2.05, 4.69) is 10.5 Å². The number of carboxylic acid groups (broad SMARTS) is 1. The molecule has 4 aromatic rings. The van der Waals surface area contributed by atoms with Crippen molar-refractivity contribution in [3.63, 3.8) is 0 Å². The fraction of sp³-hybridized carbons (Fsp3) is 0.100. The highest BCUT2D eigenvalue weighted by Crippen LogP contribution is 2.41. The molecule has 0 aliphatic carbocycles. The van der Waals surface area contributed by atoms with Gasteiger partial charge in [-0.1, -0.05) is 24.3 Å². The minimum absolute atomic E-state index is 0.0126. The molecule has 1 aliphatic rings. The number of aromatic carboxylic acids is 1. The van der Waals surface area contributed by atoms with Crippen LogP contribution in [0.4, 0.5) is 30.2 Å². The molecule has 0 spiro atoms. The third-order valence-electron chi connectivity index (χ3n) is 6.55. The highest BCUT2D eigenvalue weighted by Gasteiger charge is 2.39. The number of anilines is 3. The molecular weight excluding hydrogens is 539 g/mol. The van der Waals surface area contributed by atoms with Crippen LogP contribution < -0.4 is 10.3 Å². The zero-order chi connectivity index (χ0) is 29.6. The van der Waals surface area contributed by atoms with Gasteiger partial charge in [-0.05, 0) is 79.1 Å². The number of phenolic OH excluding ortho intramolecular Hbond substituents is 1. The maximum Gasteiger partial charge on any atom is 0.416 e. The Bertz CT molecular complexity index is 1740. The van der Waals surface area contributed by atoms with Crippen LogP contribution in [0.2, 0.25) is 0 Å². The lowest BCUT2D eigenvalue weighted by Gasteiger charge is -2.19. The van der Waals surface area contributed by atoms with E-state index in [4.69, 9.17) is 0 Å². The second-order valence-electron chi connectivity index (χ2n) is 9.53. The second-order valence-corrected chi connectivity index (χ2v) is 9.53. The Morgan fingerprint density at radius 3 is 2.27 bits per heavy atom. The van der Waals surface area contributed by atoms with Gasteiger partial charge in [0.1, 0.15) is 17.1 Å². The summed E-state index contributed by atoms with van der Waals surface area (Å²) in [6.45, 7) is 3.62. The van der Waals surface area contributed by atoms with Gasteiger partial charge in [0, 0.05) is 16.8 Å². The number of rotatable bonds is 5. The van der Waals surface area contributed by atoms with Crippen LogP contribution in [0, 0.1) is 13.8 Å². The molecule has 5 rings (SSSR count). The van der Waals surface area contributed by atoms with E-state index in [1.54, 1.807) is 18.2 Å². The third kappa shape index (κ3) is 5.05. The fourth-order valence-electron chi connectivity index (χ4n) is 4.73. The van der Waals surface area contributed by atoms with Crippen molar-refractivity contribution in [2.45, 2.75) is 20.0 Å². The molecule has 0 bridgehead atoms. The Kier molecular flexibility index (Phi) is 6.66. The van der Waals surface area contributed by atoms with Gasteiger partial charge in [-0.15, -0.1) is 0 Å². The number of amides is 1. The maximum absolute atomic E-state index is 13.6. The molecule has 11 heteroatoms. The van der Waals surface area contributed by atoms with E-state index >= 15 is 0 Å². The van der Waals surface area contributed by atoms with Crippen LogP contribution in [0.15, 0.2) is 77.9 Å². The SMILES string of the molecule is Cc1cc(C)cc(N2C(=O)/C(=N\Nc3cccc(-c4ccc(O)c(C(=O)O)c4)c3O)c3ccc(C(F)(F)F)cc32)c1. The Balaban J connectivity index is 1.57. The van der Waals surface area contributed by atoms with Gasteiger partial charge < -0.3 is 15.3 Å². The minimum atomic E-state index is -4.63. The first-order chi connectivity index (χ1) is 19.3. The molecule has 0 saturated heterocycles. The molecule has 1 amide bonds. The van der Waals surface area contributed by atoms with E-state index in [9.17, 15) is 38.1 Å². The molecule has 4 N–H and O–H groups in total. The standard InChI is InChI=1S/C30H22F3N3O5/c1-15-10-16(2)12-19(11-15)36-24-14-18(30(31,32)33)7-8-21(24)26(28(36)39)35-34-23-5-3-4-20(27(23)38)17-6-9-25(37)22(13-17)29(40)41/h3-14,34,37-38H,1-2H3,(H,40,41)/b35-26-. The van der Waals surface area contributed by atoms with Gasteiger partial charge in [0.2, 0.25) is 0 Å². The van der Waals surface area contributed by atoms with Crippen LogP contribution in [0.3, 0.4) is 0 Å². The highest BCUT2D eigenvalue weighted by molar-refractivity contribution is 6.55. The van der Waals surface area contributed by atoms with Crippen molar-refractivity contribution in [3.8, 4) is 22.6 Å². The van der Waals surface area contributed by atoms with Crippen LogP contribution >= 0.6 is 0 Å². The number of carboxylic acids is 1. The Labute approximate surface area is 231 Å². The normalized spacial score (nSPS) is 13.9. The van der Waals surface area contributed by atoms with Crippen molar-refractivity contribution in [2.75, 3.05) is 10.3 Å². The summed E-state index contributed by atoms with van der Waals surface area (Å²) in [5, 5.41) is 34.2. The van der Waals surface area contributed by atoms with Crippen LogP contribution in [0.25, 0.3) is 11.1 Å². The number of hydrogen-bond acceptors (Lipinski definition) is 6. The van der Waals surface area contributed by atoms with E-state index in [0.29, 0.717) is 5.69 Å². The molecule has 0 saturated carbocycles. The summed E-state index contributed by atoms with van der Waals surface area (Å²) in [5.74, 6) is -2.80. The van der Waals surface area contributed by atoms with Crippen LogP contribution in [-0.4, -0.2) is 32.9 Å². The molecule has 4 aromatic carbocycles. The summed E-state index contributed by atoms with van der Waals surface area (Å²) in [7, 11) is 0. The second kappa shape index (κ2) is 10.0. The molecule has 41 heavy (non-hydrogen) atoms. The average molecular weight is 562 g/mol. The summed E-state index contributed by atoms with van der Waals surface area (Å²) in [6.07, 6.45) is -4.63. The van der Waals surface area contributed by atoms with Gasteiger partial charge in [-0.3, -0.25) is 15.1 Å². The summed E-state index contributed by atoms with van der Waals surface area (Å²) < 4.78 is 40.7. The van der Waals surface area contributed by atoms with Crippen molar-refractivity contribution in [2.24, 2.45) is 5.10 Å². The number of alkyl halides is 3. The van der Waals surface area contributed by atoms with E-state index in [-0.39, 0.29) is 45.1 Å². The molecule has 1 heterocycles. The highest BCUT2D eigenvalue weighted by atomic mass is 19.4. The van der Waals surface area contributed by atoms with Gasteiger partial charge in [0.05, 0.1) is 16.9 Å². The number of phenols is 2. The number of nitrogens with one attached hydrogen (secondary N) is 1. The molecule has 1 aliphatic heterocycles. The quantitative estimate of drug-likeness (QED) is 0.161. The zero-order valence-corrected chi connectivity index (χ0v) is 21.6. The van der Waals surface area contributed by atoms with Crippen LogP contribution in [0.1, 0.15) is 32.6 Å². The van der Waals surface area contributed by atoms with Gasteiger partial charge in [-0.25, -0.2) is 4.79 Å². The van der Waals surface area contributed by atoms with E-state index in [0.717, 1.165) is 23.3 Å². The van der Waals surface area contributed by atoms with Crippen LogP contribution in [-0.2, 0) is 11.0 Å². The van der Waals surface area contributed by atoms with E-state index in [1.165, 1.54) is 41.3 Å². The fourth-order valence-corrected chi connectivity index (χ4v) is 4.73. The molecule has 0 atom stereocenters. The lowest BCUT2D eigenvalue weighted by molar-refractivity contribution is -0.137. The Morgan fingerprint density at radius 1 is 0.902 bits per heavy atom. The van der Waals surface area contributed by atoms with E-state index < -0.39 is 29.4 Å². The van der Waals surface area contributed by atoms with Crippen molar-refractivity contribution in [1.82, 2.24) is 0 Å². The summed E-state index contributed by atoms with van der Waals surface area (Å²) >= 11 is 0. The number of aryl methyl sites for hydroxylation is 2. The van der Waals surface area contributed by atoms with Gasteiger partial charge in [-0.2, -0.15) is 18.3 Å². The Morgan fingerprint density at radius 2 is 1.61 bits per heavy atom. The molecule has 8 nitrogen and oxygen atoms in total. The van der Waals surface area contributed by atoms with Gasteiger partial charge >= 0.3 is 12.1 Å². The molecule has 0 fully saturated rings. The summed E-state index contributed by atoms with van der Waals surface area (Å²) in [5.41, 5.74) is 3.89. The number of halogens is 3.